The molecule has 0 spiro atoms. The number of hydrogen-bond acceptors (Lipinski definition) is 12. The number of rotatable bonds is 12. The average Bonchev–Trinajstić information content (AvgIpc) is 1.53. The molecule has 12 nitrogen and oxygen atoms in total. The lowest BCUT2D eigenvalue weighted by atomic mass is 9.59. The van der Waals surface area contributed by atoms with Gasteiger partial charge in [-0.1, -0.05) is 206 Å². The molecule has 0 amide bonds. The topological polar surface area (TPSA) is 243 Å². The fourth-order valence-electron chi connectivity index (χ4n) is 22.7. The largest absolute Gasteiger partial charge is 0.508 e. The van der Waals surface area contributed by atoms with Crippen LogP contribution in [0.5, 0.6) is 69.0 Å². The van der Waals surface area contributed by atoms with Gasteiger partial charge in [-0.2, -0.15) is 0 Å². The summed E-state index contributed by atoms with van der Waals surface area (Å²) in [7, 11) is 0. The Morgan fingerprint density at radius 2 is 0.480 bits per heavy atom. The van der Waals surface area contributed by atoms with Gasteiger partial charge < -0.3 is 61.3 Å². The summed E-state index contributed by atoms with van der Waals surface area (Å²) in [5.74, 6) is 10.1. The lowest BCUT2D eigenvalue weighted by Gasteiger charge is -2.44. The van der Waals surface area contributed by atoms with Gasteiger partial charge in [-0.25, -0.2) is 0 Å². The molecule has 7 aliphatic rings. The van der Waals surface area contributed by atoms with E-state index in [4.69, 9.17) is 0 Å². The van der Waals surface area contributed by atoms with Crippen LogP contribution in [-0.2, 0) is 32.5 Å². The lowest BCUT2D eigenvalue weighted by Crippen LogP contribution is -2.40. The molecule has 0 heterocycles. The molecule has 0 aliphatic heterocycles. The van der Waals surface area contributed by atoms with Gasteiger partial charge in [-0.05, 0) is 362 Å². The monoisotopic (exact) mass is 1650 g/mol. The highest BCUT2D eigenvalue weighted by Gasteiger charge is 2.62. The van der Waals surface area contributed by atoms with E-state index in [-0.39, 0.29) is 55.5 Å². The van der Waals surface area contributed by atoms with Gasteiger partial charge >= 0.3 is 0 Å². The summed E-state index contributed by atoms with van der Waals surface area (Å²) in [5.41, 5.74) is 20.0. The van der Waals surface area contributed by atoms with Crippen LogP contribution in [0.4, 0.5) is 0 Å². The van der Waals surface area contributed by atoms with Crippen LogP contribution in [0.2, 0.25) is 0 Å². The zero-order chi connectivity index (χ0) is 87.8. The highest BCUT2D eigenvalue weighted by atomic mass is 16.3. The van der Waals surface area contributed by atoms with Crippen molar-refractivity contribution in [1.29, 1.82) is 0 Å². The van der Waals surface area contributed by atoms with Crippen LogP contribution < -0.4 is 0 Å². The van der Waals surface area contributed by atoms with Crippen molar-refractivity contribution in [3.63, 3.8) is 0 Å². The van der Waals surface area contributed by atoms with Crippen molar-refractivity contribution in [3.05, 3.63) is 355 Å². The van der Waals surface area contributed by atoms with Gasteiger partial charge in [-0.15, -0.1) is 0 Å². The zero-order valence-electron chi connectivity index (χ0n) is 73.4. The molecular weight excluding hydrogens is 1530 g/mol. The Hall–Kier alpha value is -11.8. The molecule has 19 rings (SSSR count). The molecule has 0 aromatic heterocycles. The molecule has 6 bridgehead atoms. The Kier molecular flexibility index (Phi) is 25.1. The number of phenols is 12. The van der Waals surface area contributed by atoms with Crippen LogP contribution in [0, 0.1) is 88.9 Å². The average molecular weight is 1650 g/mol. The highest BCUT2D eigenvalue weighted by molar-refractivity contribution is 5.55. The van der Waals surface area contributed by atoms with Crippen LogP contribution in [0.1, 0.15) is 225 Å². The molecule has 12 N–H and O–H groups in total. The molecule has 7 aliphatic carbocycles. The molecule has 8 atom stereocenters. The molecule has 12 aromatic rings. The van der Waals surface area contributed by atoms with Crippen LogP contribution in [0.15, 0.2) is 255 Å². The van der Waals surface area contributed by atoms with Gasteiger partial charge in [0, 0.05) is 32.5 Å². The summed E-state index contributed by atoms with van der Waals surface area (Å²) in [5, 5.41) is 116. The Morgan fingerprint density at radius 1 is 0.236 bits per heavy atom. The number of fused-ring (bicyclic) bond motifs is 9. The van der Waals surface area contributed by atoms with Crippen LogP contribution >= 0.6 is 0 Å². The number of benzene rings is 12. The standard InChI is InChI=1S/C24H28O2.C21H24O2.C19H20O2.C17H20O2.2C15H16O2/c1-14-10-17(6-8-22(14)25)24(18-7-9-23(26)15(2)11-18)13-16-12-21(24)20-5-3-4-19(16)20;1-13-9-16(5-7-19(13)22)21(12-15-3-4-18(21)11-15)17-6-8-20(23)14(2)10-17;20-17-7-3-14(4-8-17)19(12-13-1-2-16(19)11-13)15-5-9-18(21)10-6-15;1-11-9-13(5-7-15(11)18)17(3,4)14-6-8-16(19)12(2)10-14;2*1-15(2,11-3-7-13(16)8-4-11)12-5-9-14(17)10-6-12/h6-11,16,19-21,25-26H,3-5,12-13H2,1-2H3;5-10,15,18,22-23H,3-4,11-12H2,1-2H3;3-10,13,16,20-21H,1-2,11-12H2;5-10,18-19H,1-4H3;2*3-10,16-17H,1-2H3. The minimum Gasteiger partial charge on any atom is -0.508 e. The van der Waals surface area contributed by atoms with E-state index in [1.807, 2.05) is 139 Å². The Bertz CT molecular complexity index is 5290. The summed E-state index contributed by atoms with van der Waals surface area (Å²) < 4.78 is 0. The SMILES string of the molecule is CC(C)(c1ccc(O)cc1)c1ccc(O)cc1.CC(C)(c1ccc(O)cc1)c1ccc(O)cc1.Cc1cc(C(C)(C)c2ccc(O)c(C)c2)ccc1O.Cc1cc(C2(c3ccc(O)c(C)c3)CC3CC2C2CCCC32)ccc1O.Cc1cc(C2(c3ccc(O)c(C)c3)CC3CCC2C3)ccc1O.Oc1ccc(C2(c3ccc(O)cc3)CC3CCC2C3)cc1. The van der Waals surface area contributed by atoms with Crippen molar-refractivity contribution in [2.45, 2.75) is 199 Å². The van der Waals surface area contributed by atoms with E-state index in [1.54, 1.807) is 84.9 Å². The summed E-state index contributed by atoms with van der Waals surface area (Å²) in [4.78, 5) is 0. The first-order valence-electron chi connectivity index (χ1n) is 44.1. The molecule has 0 saturated heterocycles. The van der Waals surface area contributed by atoms with Gasteiger partial charge in [0.1, 0.15) is 69.0 Å². The second kappa shape index (κ2) is 35.2. The second-order valence-electron chi connectivity index (χ2n) is 38.3. The number of hydrogen-bond donors (Lipinski definition) is 12. The quantitative estimate of drug-likeness (QED) is 0.0547. The Balaban J connectivity index is 0.000000121. The molecule has 7 fully saturated rings. The number of aryl methyl sites for hydroxylation is 6. The summed E-state index contributed by atoms with van der Waals surface area (Å²) in [6.45, 7) is 24.5. The van der Waals surface area contributed by atoms with Gasteiger partial charge in [0.15, 0.2) is 0 Å². The van der Waals surface area contributed by atoms with Crippen LogP contribution in [-0.4, -0.2) is 61.3 Å². The third-order valence-electron chi connectivity index (χ3n) is 30.0. The van der Waals surface area contributed by atoms with Gasteiger partial charge in [0.05, 0.1) is 0 Å². The van der Waals surface area contributed by atoms with Gasteiger partial charge in [0.2, 0.25) is 0 Å². The van der Waals surface area contributed by atoms with Crippen molar-refractivity contribution in [3.8, 4) is 69.0 Å². The van der Waals surface area contributed by atoms with Crippen LogP contribution in [0.25, 0.3) is 0 Å². The Labute approximate surface area is 727 Å². The highest BCUT2D eigenvalue weighted by Crippen LogP contribution is 2.69. The maximum absolute atomic E-state index is 10.1. The second-order valence-corrected chi connectivity index (χ2v) is 38.3. The normalized spacial score (nSPS) is 20.7. The minimum atomic E-state index is -0.170. The van der Waals surface area contributed by atoms with E-state index in [0.717, 1.165) is 96.4 Å². The van der Waals surface area contributed by atoms with E-state index < -0.39 is 0 Å². The van der Waals surface area contributed by atoms with E-state index in [1.165, 1.54) is 117 Å². The van der Waals surface area contributed by atoms with E-state index in [2.05, 4.69) is 114 Å². The molecule has 0 radical (unpaired) electrons. The maximum atomic E-state index is 10.1. The molecule has 8 unspecified atom stereocenters. The molecule has 12 heteroatoms. The van der Waals surface area contributed by atoms with E-state index in [0.29, 0.717) is 63.7 Å². The first kappa shape index (κ1) is 87.6. The van der Waals surface area contributed by atoms with Crippen molar-refractivity contribution in [2.24, 2.45) is 47.3 Å². The zero-order valence-corrected chi connectivity index (χ0v) is 73.4. The maximum Gasteiger partial charge on any atom is 0.118 e. The lowest BCUT2D eigenvalue weighted by molar-refractivity contribution is 0.181. The Morgan fingerprint density at radius 3 is 0.756 bits per heavy atom. The minimum absolute atomic E-state index is 0.0348. The summed E-state index contributed by atoms with van der Waals surface area (Å²) in [6.07, 6.45) is 17.0. The third kappa shape index (κ3) is 17.6. The van der Waals surface area contributed by atoms with Crippen molar-refractivity contribution in [2.75, 3.05) is 0 Å². The smallest absolute Gasteiger partial charge is 0.118 e. The fourth-order valence-corrected chi connectivity index (χ4v) is 22.7. The molecular formula is C111H124O12. The van der Waals surface area contributed by atoms with E-state index in [9.17, 15) is 61.3 Å². The molecule has 7 saturated carbocycles. The van der Waals surface area contributed by atoms with Crippen molar-refractivity contribution >= 4 is 0 Å². The predicted octanol–water partition coefficient (Wildman–Crippen LogP) is 25.4. The van der Waals surface area contributed by atoms with Crippen LogP contribution in [0.3, 0.4) is 0 Å². The number of aromatic hydroxyl groups is 12. The predicted molar refractivity (Wildman–Crippen MR) is 492 cm³/mol. The van der Waals surface area contributed by atoms with Crippen molar-refractivity contribution < 1.29 is 61.3 Å². The first-order chi connectivity index (χ1) is 58.5. The van der Waals surface area contributed by atoms with E-state index >= 15 is 0 Å². The van der Waals surface area contributed by atoms with Gasteiger partial charge in [-0.3, -0.25) is 0 Å². The van der Waals surface area contributed by atoms with Crippen molar-refractivity contribution in [1.82, 2.24) is 0 Å². The third-order valence-corrected chi connectivity index (χ3v) is 30.0. The molecule has 640 valence electrons. The fraction of sp³-hybridized carbons (Fsp3) is 0.351. The first-order valence-corrected chi connectivity index (χ1v) is 44.1. The van der Waals surface area contributed by atoms with Gasteiger partial charge in [0.25, 0.3) is 0 Å². The molecule has 123 heavy (non-hydrogen) atoms. The summed E-state index contributed by atoms with van der Waals surface area (Å²) >= 11 is 0. The molecule has 12 aromatic carbocycles. The number of phenolic OH excluding ortho intramolecular Hbond substituents is 12. The summed E-state index contributed by atoms with van der Waals surface area (Å²) in [6, 6.07) is 80.4.